The highest BCUT2D eigenvalue weighted by molar-refractivity contribution is 5.85. The molecule has 2 amide bonds. The number of piperidine rings is 1. The summed E-state index contributed by atoms with van der Waals surface area (Å²) in [6.45, 7) is 1.41. The summed E-state index contributed by atoms with van der Waals surface area (Å²) >= 11 is 0. The fraction of sp³-hybridized carbons (Fsp3) is 0.529. The normalized spacial score (nSPS) is 14.7. The molecule has 6 nitrogen and oxygen atoms in total. The van der Waals surface area contributed by atoms with Crippen molar-refractivity contribution in [2.24, 2.45) is 11.7 Å². The monoisotopic (exact) mass is 355 g/mol. The van der Waals surface area contributed by atoms with Crippen molar-refractivity contribution in [1.82, 2.24) is 10.2 Å². The quantitative estimate of drug-likeness (QED) is 0.796. The number of likely N-dealkylation sites (tertiary alicyclic amines) is 1. The molecular formula is C17H26ClN3O3. The summed E-state index contributed by atoms with van der Waals surface area (Å²) in [5.74, 6) is 1.14. The van der Waals surface area contributed by atoms with E-state index in [1.165, 1.54) is 5.56 Å². The predicted octanol–water partition coefficient (Wildman–Crippen LogP) is 0.973. The maximum atomic E-state index is 12.0. The van der Waals surface area contributed by atoms with Crippen LogP contribution in [0.25, 0.3) is 0 Å². The van der Waals surface area contributed by atoms with Gasteiger partial charge in [0.2, 0.25) is 11.8 Å². The van der Waals surface area contributed by atoms with Crippen molar-refractivity contribution in [2.45, 2.75) is 19.3 Å². The van der Waals surface area contributed by atoms with Gasteiger partial charge in [0, 0.05) is 13.1 Å². The number of nitrogens with two attached hydrogens (primary N) is 1. The Bertz CT molecular complexity index is 546. The van der Waals surface area contributed by atoms with E-state index in [9.17, 15) is 9.59 Å². The maximum absolute atomic E-state index is 12.0. The van der Waals surface area contributed by atoms with Crippen molar-refractivity contribution in [1.29, 1.82) is 0 Å². The van der Waals surface area contributed by atoms with Crippen LogP contribution in [0.5, 0.6) is 5.75 Å². The molecule has 0 atom stereocenters. The number of amides is 2. The molecule has 24 heavy (non-hydrogen) atoms. The molecule has 134 valence electrons. The number of halogens is 1. The zero-order valence-corrected chi connectivity index (χ0v) is 14.8. The topological polar surface area (TPSA) is 84.7 Å². The smallest absolute Gasteiger partial charge is 0.241 e. The van der Waals surface area contributed by atoms with Gasteiger partial charge in [0.1, 0.15) is 5.75 Å². The standard InChI is InChI=1S/C17H25N3O3.ClH/c1-23-15-5-3-2-4-14(15)10-13-6-8-20(9-7-13)17(22)12-19-16(21)11-18;/h2-5,13H,6-12,18H2,1H3,(H,19,21);1H. The third kappa shape index (κ3) is 5.69. The second-order valence-electron chi connectivity index (χ2n) is 5.82. The Hall–Kier alpha value is -1.79. The molecule has 7 heteroatoms. The van der Waals surface area contributed by atoms with Crippen LogP contribution < -0.4 is 15.8 Å². The summed E-state index contributed by atoms with van der Waals surface area (Å²) in [7, 11) is 1.69. The van der Waals surface area contributed by atoms with E-state index in [4.69, 9.17) is 10.5 Å². The van der Waals surface area contributed by atoms with Crippen LogP contribution in [0.1, 0.15) is 18.4 Å². The summed E-state index contributed by atoms with van der Waals surface area (Å²) < 4.78 is 5.40. The lowest BCUT2D eigenvalue weighted by Gasteiger charge is -2.32. The first-order chi connectivity index (χ1) is 11.1. The first kappa shape index (κ1) is 20.3. The van der Waals surface area contributed by atoms with Crippen molar-refractivity contribution in [3.63, 3.8) is 0 Å². The van der Waals surface area contributed by atoms with Gasteiger partial charge in [0.15, 0.2) is 0 Å². The minimum atomic E-state index is -0.301. The van der Waals surface area contributed by atoms with Crippen LogP contribution in [0.15, 0.2) is 24.3 Å². The van der Waals surface area contributed by atoms with Gasteiger partial charge in [-0.15, -0.1) is 12.4 Å². The second-order valence-corrected chi connectivity index (χ2v) is 5.82. The lowest BCUT2D eigenvalue weighted by molar-refractivity contribution is -0.133. The zero-order valence-electron chi connectivity index (χ0n) is 14.0. The molecule has 0 aliphatic carbocycles. The second kappa shape index (κ2) is 10.2. The van der Waals surface area contributed by atoms with Crippen LogP contribution in [0.4, 0.5) is 0 Å². The fourth-order valence-electron chi connectivity index (χ4n) is 2.93. The number of rotatable bonds is 6. The molecule has 2 rings (SSSR count). The van der Waals surface area contributed by atoms with Crippen LogP contribution in [-0.4, -0.2) is 50.0 Å². The zero-order chi connectivity index (χ0) is 16.7. The van der Waals surface area contributed by atoms with Crippen molar-refractivity contribution in [3.8, 4) is 5.75 Å². The van der Waals surface area contributed by atoms with E-state index in [-0.39, 0.29) is 37.3 Å². The van der Waals surface area contributed by atoms with E-state index in [2.05, 4.69) is 11.4 Å². The lowest BCUT2D eigenvalue weighted by Crippen LogP contribution is -2.45. The molecule has 1 heterocycles. The summed E-state index contributed by atoms with van der Waals surface area (Å²) in [5.41, 5.74) is 6.42. The molecule has 0 unspecified atom stereocenters. The number of carbonyl (C=O) groups is 2. The number of hydrogen-bond donors (Lipinski definition) is 2. The average Bonchev–Trinajstić information content (AvgIpc) is 2.60. The van der Waals surface area contributed by atoms with Crippen molar-refractivity contribution >= 4 is 24.2 Å². The number of methoxy groups -OCH3 is 1. The minimum absolute atomic E-state index is 0. The molecule has 1 aliphatic heterocycles. The number of hydrogen-bond acceptors (Lipinski definition) is 4. The van der Waals surface area contributed by atoms with Gasteiger partial charge in [-0.05, 0) is 36.8 Å². The molecule has 1 aromatic rings. The number of benzene rings is 1. The third-order valence-corrected chi connectivity index (χ3v) is 4.29. The van der Waals surface area contributed by atoms with E-state index in [1.54, 1.807) is 7.11 Å². The highest BCUT2D eigenvalue weighted by Gasteiger charge is 2.23. The Morgan fingerprint density at radius 3 is 2.58 bits per heavy atom. The molecule has 0 spiro atoms. The van der Waals surface area contributed by atoms with Gasteiger partial charge in [-0.1, -0.05) is 18.2 Å². The summed E-state index contributed by atoms with van der Waals surface area (Å²) in [4.78, 5) is 24.9. The van der Waals surface area contributed by atoms with Gasteiger partial charge in [-0.3, -0.25) is 9.59 Å². The summed E-state index contributed by atoms with van der Waals surface area (Å²) in [5, 5.41) is 2.52. The fourth-order valence-corrected chi connectivity index (χ4v) is 2.93. The first-order valence-corrected chi connectivity index (χ1v) is 8.00. The Morgan fingerprint density at radius 1 is 1.29 bits per heavy atom. The minimum Gasteiger partial charge on any atom is -0.496 e. The summed E-state index contributed by atoms with van der Waals surface area (Å²) in [6.07, 6.45) is 2.90. The highest BCUT2D eigenvalue weighted by atomic mass is 35.5. The van der Waals surface area contributed by atoms with Crippen LogP contribution in [0, 0.1) is 5.92 Å². The third-order valence-electron chi connectivity index (χ3n) is 4.29. The Morgan fingerprint density at radius 2 is 1.96 bits per heavy atom. The molecule has 0 bridgehead atoms. The first-order valence-electron chi connectivity index (χ1n) is 8.00. The van der Waals surface area contributed by atoms with E-state index in [0.717, 1.165) is 38.1 Å². The number of ether oxygens (including phenoxy) is 1. The summed E-state index contributed by atoms with van der Waals surface area (Å²) in [6, 6.07) is 8.07. The van der Waals surface area contributed by atoms with Gasteiger partial charge in [0.25, 0.3) is 0 Å². The predicted molar refractivity (Wildman–Crippen MR) is 95.3 cm³/mol. The maximum Gasteiger partial charge on any atom is 0.241 e. The molecule has 0 radical (unpaired) electrons. The van der Waals surface area contributed by atoms with Crippen LogP contribution in [0.3, 0.4) is 0 Å². The highest BCUT2D eigenvalue weighted by Crippen LogP contribution is 2.26. The van der Waals surface area contributed by atoms with Gasteiger partial charge >= 0.3 is 0 Å². The van der Waals surface area contributed by atoms with E-state index >= 15 is 0 Å². The Labute approximate surface area is 149 Å². The van der Waals surface area contributed by atoms with Crippen molar-refractivity contribution in [2.75, 3.05) is 33.3 Å². The van der Waals surface area contributed by atoms with Gasteiger partial charge < -0.3 is 20.7 Å². The van der Waals surface area contributed by atoms with Gasteiger partial charge in [-0.25, -0.2) is 0 Å². The van der Waals surface area contributed by atoms with Gasteiger partial charge in [0.05, 0.1) is 20.2 Å². The largest absolute Gasteiger partial charge is 0.496 e. The molecule has 1 aliphatic rings. The molecule has 3 N–H and O–H groups in total. The van der Waals surface area contributed by atoms with Crippen LogP contribution in [-0.2, 0) is 16.0 Å². The van der Waals surface area contributed by atoms with E-state index < -0.39 is 0 Å². The number of nitrogens with one attached hydrogen (secondary N) is 1. The molecule has 1 aromatic carbocycles. The number of para-hydroxylation sites is 1. The molecule has 0 aromatic heterocycles. The van der Waals surface area contributed by atoms with Gasteiger partial charge in [-0.2, -0.15) is 0 Å². The molecular weight excluding hydrogens is 330 g/mol. The van der Waals surface area contributed by atoms with Crippen molar-refractivity contribution < 1.29 is 14.3 Å². The van der Waals surface area contributed by atoms with Crippen LogP contribution >= 0.6 is 12.4 Å². The molecule has 0 saturated carbocycles. The van der Waals surface area contributed by atoms with E-state index in [0.29, 0.717) is 5.92 Å². The van der Waals surface area contributed by atoms with Crippen LogP contribution in [0.2, 0.25) is 0 Å². The average molecular weight is 356 g/mol. The molecule has 1 saturated heterocycles. The lowest BCUT2D eigenvalue weighted by atomic mass is 9.90. The number of nitrogens with zero attached hydrogens (tertiary/aromatic N) is 1. The molecule has 1 fully saturated rings. The van der Waals surface area contributed by atoms with E-state index in [1.807, 2.05) is 23.1 Å². The number of carbonyl (C=O) groups excluding carboxylic acids is 2. The Balaban J connectivity index is 0.00000288. The Kier molecular flexibility index (Phi) is 8.57. The SMILES string of the molecule is COc1ccccc1CC1CCN(C(=O)CNC(=O)CN)CC1.Cl. The van der Waals surface area contributed by atoms with Crippen molar-refractivity contribution in [3.05, 3.63) is 29.8 Å².